The molecule has 4 N–H and O–H groups in total. The first-order chi connectivity index (χ1) is 8.13. The highest BCUT2D eigenvalue weighted by atomic mass is 16.4. The Hall–Kier alpha value is -1.30. The van der Waals surface area contributed by atoms with E-state index in [0.29, 0.717) is 0 Å². The van der Waals surface area contributed by atoms with Gasteiger partial charge < -0.3 is 20.8 Å². The number of aliphatic carboxylic acids is 1. The van der Waals surface area contributed by atoms with Crippen molar-refractivity contribution >= 4 is 12.0 Å². The van der Waals surface area contributed by atoms with Gasteiger partial charge in [-0.25, -0.2) is 4.79 Å². The topological polar surface area (TPSA) is 98.7 Å². The Morgan fingerprint density at radius 2 is 1.94 bits per heavy atom. The van der Waals surface area contributed by atoms with E-state index in [1.807, 2.05) is 0 Å². The number of carboxylic acids is 1. The van der Waals surface area contributed by atoms with Gasteiger partial charge in [-0.05, 0) is 12.8 Å². The lowest BCUT2D eigenvalue weighted by molar-refractivity contribution is -0.136. The average Bonchev–Trinajstić information content (AvgIpc) is 2.29. The number of hydrogen-bond acceptors (Lipinski definition) is 3. The molecular formula is C11H20N2O4. The van der Waals surface area contributed by atoms with Crippen LogP contribution < -0.4 is 10.6 Å². The maximum atomic E-state index is 11.5. The lowest BCUT2D eigenvalue weighted by atomic mass is 9.85. The second-order valence-corrected chi connectivity index (χ2v) is 4.38. The molecule has 1 aliphatic rings. The van der Waals surface area contributed by atoms with Crippen molar-refractivity contribution in [3.63, 3.8) is 0 Å². The molecule has 0 aliphatic heterocycles. The van der Waals surface area contributed by atoms with Crippen LogP contribution in [0.3, 0.4) is 0 Å². The third kappa shape index (κ3) is 5.04. The lowest BCUT2D eigenvalue weighted by Crippen LogP contribution is -2.48. The summed E-state index contributed by atoms with van der Waals surface area (Å²) in [6, 6.07) is -0.352. The first kappa shape index (κ1) is 13.8. The van der Waals surface area contributed by atoms with Crippen molar-refractivity contribution in [1.82, 2.24) is 10.6 Å². The van der Waals surface area contributed by atoms with Crippen molar-refractivity contribution in [3.05, 3.63) is 0 Å². The molecule has 6 heteroatoms. The molecule has 1 rings (SSSR count). The Kier molecular flexibility index (Phi) is 5.76. The van der Waals surface area contributed by atoms with E-state index in [9.17, 15) is 14.7 Å². The second kappa shape index (κ2) is 7.11. The standard InChI is InChI=1S/C11H20N2O4/c14-7-8-3-1-2-4-9(8)13-11(17)12-6-5-10(15)16/h8-9,14H,1-7H2,(H,15,16)(H2,12,13,17). The van der Waals surface area contributed by atoms with Gasteiger partial charge in [0.25, 0.3) is 0 Å². The molecule has 0 spiro atoms. The molecule has 6 nitrogen and oxygen atoms in total. The van der Waals surface area contributed by atoms with Gasteiger partial charge in [-0.2, -0.15) is 0 Å². The van der Waals surface area contributed by atoms with Gasteiger partial charge in [0.1, 0.15) is 0 Å². The van der Waals surface area contributed by atoms with E-state index in [2.05, 4.69) is 10.6 Å². The lowest BCUT2D eigenvalue weighted by Gasteiger charge is -2.30. The molecule has 1 fully saturated rings. The van der Waals surface area contributed by atoms with Crippen molar-refractivity contribution in [1.29, 1.82) is 0 Å². The fraction of sp³-hybridized carbons (Fsp3) is 0.818. The van der Waals surface area contributed by atoms with Gasteiger partial charge in [-0.1, -0.05) is 12.8 Å². The first-order valence-electron chi connectivity index (χ1n) is 6.00. The largest absolute Gasteiger partial charge is 0.481 e. The number of aliphatic hydroxyl groups excluding tert-OH is 1. The molecule has 1 saturated carbocycles. The summed E-state index contributed by atoms with van der Waals surface area (Å²) in [6.45, 7) is 0.206. The SMILES string of the molecule is O=C(O)CCNC(=O)NC1CCCCC1CO. The Morgan fingerprint density at radius 1 is 1.24 bits per heavy atom. The number of rotatable bonds is 5. The maximum absolute atomic E-state index is 11.5. The van der Waals surface area contributed by atoms with E-state index in [1.54, 1.807) is 0 Å². The van der Waals surface area contributed by atoms with Gasteiger partial charge in [0.15, 0.2) is 0 Å². The average molecular weight is 244 g/mol. The zero-order valence-electron chi connectivity index (χ0n) is 9.82. The van der Waals surface area contributed by atoms with E-state index in [4.69, 9.17) is 5.11 Å². The van der Waals surface area contributed by atoms with Crippen LogP contribution in [0.4, 0.5) is 4.79 Å². The van der Waals surface area contributed by atoms with E-state index in [-0.39, 0.29) is 37.6 Å². The molecule has 98 valence electrons. The summed E-state index contributed by atoms with van der Waals surface area (Å²) in [5.41, 5.74) is 0. The van der Waals surface area contributed by atoms with Crippen LogP contribution in [0.2, 0.25) is 0 Å². The summed E-state index contributed by atoms with van der Waals surface area (Å²) in [5.74, 6) is -0.815. The predicted octanol–water partition coefficient (Wildman–Crippen LogP) is 0.311. The summed E-state index contributed by atoms with van der Waals surface area (Å²) >= 11 is 0. The molecule has 0 aromatic heterocycles. The van der Waals surface area contributed by atoms with Crippen LogP contribution in [0.15, 0.2) is 0 Å². The van der Waals surface area contributed by atoms with Gasteiger partial charge in [0.2, 0.25) is 0 Å². The number of aliphatic hydroxyl groups is 1. The fourth-order valence-corrected chi connectivity index (χ4v) is 2.12. The summed E-state index contributed by atoms with van der Waals surface area (Å²) in [4.78, 5) is 21.7. The molecule has 0 saturated heterocycles. The van der Waals surface area contributed by atoms with Crippen LogP contribution in [0.25, 0.3) is 0 Å². The summed E-state index contributed by atoms with van der Waals surface area (Å²) in [5, 5.41) is 22.9. The first-order valence-corrected chi connectivity index (χ1v) is 6.00. The van der Waals surface area contributed by atoms with E-state index in [0.717, 1.165) is 25.7 Å². The van der Waals surface area contributed by atoms with Crippen molar-refractivity contribution in [2.24, 2.45) is 5.92 Å². The molecule has 0 heterocycles. The van der Waals surface area contributed by atoms with Crippen LogP contribution in [0.5, 0.6) is 0 Å². The number of carbonyl (C=O) groups excluding carboxylic acids is 1. The van der Waals surface area contributed by atoms with Crippen molar-refractivity contribution < 1.29 is 19.8 Å². The Labute approximate surface area is 100 Å². The smallest absolute Gasteiger partial charge is 0.315 e. The normalized spacial score (nSPS) is 24.1. The number of urea groups is 1. The van der Waals surface area contributed by atoms with Crippen molar-refractivity contribution in [2.75, 3.05) is 13.2 Å². The minimum atomic E-state index is -0.934. The third-order valence-electron chi connectivity index (χ3n) is 3.08. The molecule has 0 bridgehead atoms. The Balaban J connectivity index is 2.26. The molecule has 2 atom stereocenters. The zero-order valence-corrected chi connectivity index (χ0v) is 9.82. The number of amides is 2. The zero-order chi connectivity index (χ0) is 12.7. The van der Waals surface area contributed by atoms with E-state index < -0.39 is 5.97 Å². The van der Waals surface area contributed by atoms with Crippen LogP contribution in [-0.4, -0.2) is 41.4 Å². The van der Waals surface area contributed by atoms with Crippen LogP contribution in [0, 0.1) is 5.92 Å². The molecule has 1 aliphatic carbocycles. The molecule has 0 aromatic rings. The van der Waals surface area contributed by atoms with Crippen LogP contribution in [0.1, 0.15) is 32.1 Å². The second-order valence-electron chi connectivity index (χ2n) is 4.38. The number of nitrogens with one attached hydrogen (secondary N) is 2. The summed E-state index contributed by atoms with van der Waals surface area (Å²) in [7, 11) is 0. The molecule has 2 amide bonds. The Bertz CT molecular complexity index is 270. The monoisotopic (exact) mass is 244 g/mol. The third-order valence-corrected chi connectivity index (χ3v) is 3.08. The van der Waals surface area contributed by atoms with Gasteiger partial charge in [-0.15, -0.1) is 0 Å². The highest BCUT2D eigenvalue weighted by Gasteiger charge is 2.25. The molecule has 0 radical (unpaired) electrons. The fourth-order valence-electron chi connectivity index (χ4n) is 2.12. The van der Waals surface area contributed by atoms with Gasteiger partial charge >= 0.3 is 12.0 Å². The minimum absolute atomic E-state index is 0.00132. The van der Waals surface area contributed by atoms with Crippen molar-refractivity contribution in [3.8, 4) is 0 Å². The van der Waals surface area contributed by atoms with E-state index in [1.165, 1.54) is 0 Å². The number of hydrogen-bond donors (Lipinski definition) is 4. The van der Waals surface area contributed by atoms with Gasteiger partial charge in [0.05, 0.1) is 6.42 Å². The number of carboxylic acid groups (broad SMARTS) is 1. The van der Waals surface area contributed by atoms with Crippen LogP contribution in [-0.2, 0) is 4.79 Å². The summed E-state index contributed by atoms with van der Waals surface area (Å²) in [6.07, 6.45) is 3.86. The minimum Gasteiger partial charge on any atom is -0.481 e. The maximum Gasteiger partial charge on any atom is 0.315 e. The highest BCUT2D eigenvalue weighted by Crippen LogP contribution is 2.23. The predicted molar refractivity (Wildman–Crippen MR) is 61.6 cm³/mol. The highest BCUT2D eigenvalue weighted by molar-refractivity contribution is 5.75. The Morgan fingerprint density at radius 3 is 2.59 bits per heavy atom. The van der Waals surface area contributed by atoms with Gasteiger partial charge in [-0.3, -0.25) is 4.79 Å². The molecule has 2 unspecified atom stereocenters. The van der Waals surface area contributed by atoms with Crippen molar-refractivity contribution in [2.45, 2.75) is 38.1 Å². The quantitative estimate of drug-likeness (QED) is 0.559. The van der Waals surface area contributed by atoms with Gasteiger partial charge in [0, 0.05) is 25.1 Å². The molecule has 0 aromatic carbocycles. The molecular weight excluding hydrogens is 224 g/mol. The van der Waals surface area contributed by atoms with E-state index >= 15 is 0 Å². The van der Waals surface area contributed by atoms with Crippen LogP contribution >= 0.6 is 0 Å². The number of carbonyl (C=O) groups is 2. The summed E-state index contributed by atoms with van der Waals surface area (Å²) < 4.78 is 0. The molecule has 17 heavy (non-hydrogen) atoms.